The molecule has 2 amide bonds. The molecule has 166 valence electrons. The van der Waals surface area contributed by atoms with Crippen molar-refractivity contribution in [2.75, 3.05) is 26.7 Å². The summed E-state index contributed by atoms with van der Waals surface area (Å²) in [7, 11) is 1.83. The van der Waals surface area contributed by atoms with Crippen LogP contribution >= 0.6 is 0 Å². The summed E-state index contributed by atoms with van der Waals surface area (Å²) in [4.78, 5) is 29.8. The molecule has 0 spiro atoms. The van der Waals surface area contributed by atoms with Crippen LogP contribution in [0, 0.1) is 0 Å². The van der Waals surface area contributed by atoms with E-state index in [1.54, 1.807) is 4.90 Å². The Labute approximate surface area is 186 Å². The molecule has 1 aliphatic rings. The SMILES string of the molecule is CCCCC(=O)N1CCCCN(C)C(=O)c2ccccc2OC[C@@H]1Cc1ccccc1. The number of unbranched alkanes of at least 4 members (excludes halogenated alkanes) is 1. The number of amides is 2. The van der Waals surface area contributed by atoms with Gasteiger partial charge in [0, 0.05) is 26.6 Å². The van der Waals surface area contributed by atoms with Crippen LogP contribution in [0.25, 0.3) is 0 Å². The zero-order valence-electron chi connectivity index (χ0n) is 18.8. The maximum atomic E-state index is 13.1. The highest BCUT2D eigenvalue weighted by atomic mass is 16.5. The summed E-state index contributed by atoms with van der Waals surface area (Å²) in [6.45, 7) is 3.82. The third-order valence-corrected chi connectivity index (χ3v) is 5.86. The fraction of sp³-hybridized carbons (Fsp3) is 0.462. The zero-order valence-corrected chi connectivity index (χ0v) is 18.8. The highest BCUT2D eigenvalue weighted by Gasteiger charge is 2.26. The Morgan fingerprint density at radius 3 is 2.52 bits per heavy atom. The number of hydrogen-bond donors (Lipinski definition) is 0. The third kappa shape index (κ3) is 6.33. The molecule has 5 heteroatoms. The van der Waals surface area contributed by atoms with E-state index in [1.165, 1.54) is 5.56 Å². The average molecular weight is 423 g/mol. The number of hydrogen-bond acceptors (Lipinski definition) is 3. The second kappa shape index (κ2) is 11.5. The first-order chi connectivity index (χ1) is 15.1. The van der Waals surface area contributed by atoms with Crippen molar-refractivity contribution in [3.8, 4) is 5.75 Å². The number of carbonyl (C=O) groups is 2. The standard InChI is InChI=1S/C26H34N2O3/c1-3-4-16-25(29)28-18-11-10-17-27(2)26(30)23-14-8-9-15-24(23)31-20-22(28)19-21-12-6-5-7-13-21/h5-9,12-15,22H,3-4,10-11,16-20H2,1-2H3/t22-/m0/s1. The predicted octanol–water partition coefficient (Wildman–Crippen LogP) is 4.56. The molecule has 3 rings (SSSR count). The fourth-order valence-electron chi connectivity index (χ4n) is 4.02. The van der Waals surface area contributed by atoms with Crippen molar-refractivity contribution in [2.24, 2.45) is 0 Å². The van der Waals surface area contributed by atoms with Crippen molar-refractivity contribution < 1.29 is 14.3 Å². The Morgan fingerprint density at radius 1 is 1.03 bits per heavy atom. The van der Waals surface area contributed by atoms with Crippen molar-refractivity contribution in [1.82, 2.24) is 9.80 Å². The molecule has 1 heterocycles. The predicted molar refractivity (Wildman–Crippen MR) is 123 cm³/mol. The van der Waals surface area contributed by atoms with Crippen molar-refractivity contribution in [3.05, 3.63) is 65.7 Å². The maximum absolute atomic E-state index is 13.1. The molecule has 0 bridgehead atoms. The van der Waals surface area contributed by atoms with Gasteiger partial charge in [-0.15, -0.1) is 0 Å². The van der Waals surface area contributed by atoms with Gasteiger partial charge in [-0.3, -0.25) is 9.59 Å². The average Bonchev–Trinajstić information content (AvgIpc) is 2.80. The number of nitrogens with zero attached hydrogens (tertiary/aromatic N) is 2. The van der Waals surface area contributed by atoms with Crippen LogP contribution in [0.4, 0.5) is 0 Å². The van der Waals surface area contributed by atoms with Crippen LogP contribution in [0.3, 0.4) is 0 Å². The first-order valence-corrected chi connectivity index (χ1v) is 11.4. The van der Waals surface area contributed by atoms with Crippen molar-refractivity contribution in [2.45, 2.75) is 51.5 Å². The van der Waals surface area contributed by atoms with Gasteiger partial charge in [0.05, 0.1) is 11.6 Å². The molecule has 1 atom stereocenters. The van der Waals surface area contributed by atoms with Gasteiger partial charge in [0.15, 0.2) is 0 Å². The Balaban J connectivity index is 1.90. The van der Waals surface area contributed by atoms with Crippen LogP contribution in [0.1, 0.15) is 54.9 Å². The number of ether oxygens (including phenoxy) is 1. The van der Waals surface area contributed by atoms with Crippen LogP contribution in [0.5, 0.6) is 5.75 Å². The summed E-state index contributed by atoms with van der Waals surface area (Å²) in [6.07, 6.45) is 4.92. The van der Waals surface area contributed by atoms with Gasteiger partial charge in [-0.25, -0.2) is 0 Å². The van der Waals surface area contributed by atoms with Gasteiger partial charge < -0.3 is 14.5 Å². The van der Waals surface area contributed by atoms with Crippen molar-refractivity contribution >= 4 is 11.8 Å². The molecule has 2 aromatic carbocycles. The van der Waals surface area contributed by atoms with E-state index in [0.29, 0.717) is 37.4 Å². The van der Waals surface area contributed by atoms with E-state index in [9.17, 15) is 9.59 Å². The smallest absolute Gasteiger partial charge is 0.257 e. The Morgan fingerprint density at radius 2 is 1.74 bits per heavy atom. The molecule has 0 aromatic heterocycles. The minimum absolute atomic E-state index is 0.0216. The van der Waals surface area contributed by atoms with Crippen LogP contribution in [0.15, 0.2) is 54.6 Å². The molecule has 5 nitrogen and oxygen atoms in total. The Hall–Kier alpha value is -2.82. The lowest BCUT2D eigenvalue weighted by molar-refractivity contribution is -0.134. The quantitative estimate of drug-likeness (QED) is 0.710. The molecule has 2 aromatic rings. The van der Waals surface area contributed by atoms with E-state index in [1.807, 2.05) is 54.4 Å². The second-order valence-electron chi connectivity index (χ2n) is 8.28. The number of rotatable bonds is 5. The van der Waals surface area contributed by atoms with E-state index < -0.39 is 0 Å². The van der Waals surface area contributed by atoms with Crippen LogP contribution in [0.2, 0.25) is 0 Å². The molecule has 0 saturated heterocycles. The monoisotopic (exact) mass is 422 g/mol. The second-order valence-corrected chi connectivity index (χ2v) is 8.28. The molecule has 0 saturated carbocycles. The number of benzene rings is 2. The molecule has 1 aliphatic heterocycles. The van der Waals surface area contributed by atoms with Gasteiger partial charge in [-0.2, -0.15) is 0 Å². The lowest BCUT2D eigenvalue weighted by Gasteiger charge is -2.33. The van der Waals surface area contributed by atoms with E-state index in [-0.39, 0.29) is 17.9 Å². The molecular weight excluding hydrogens is 388 g/mol. The summed E-state index contributed by atoms with van der Waals surface area (Å²) < 4.78 is 6.21. The molecule has 0 unspecified atom stereocenters. The van der Waals surface area contributed by atoms with Gasteiger partial charge in [0.25, 0.3) is 5.91 Å². The lowest BCUT2D eigenvalue weighted by atomic mass is 10.0. The normalized spacial score (nSPS) is 17.9. The highest BCUT2D eigenvalue weighted by molar-refractivity contribution is 5.96. The maximum Gasteiger partial charge on any atom is 0.257 e. The zero-order chi connectivity index (χ0) is 22.1. The minimum Gasteiger partial charge on any atom is -0.491 e. The van der Waals surface area contributed by atoms with Crippen LogP contribution in [-0.2, 0) is 11.2 Å². The van der Waals surface area contributed by atoms with E-state index in [0.717, 1.165) is 32.1 Å². The number of carbonyl (C=O) groups excluding carboxylic acids is 2. The minimum atomic E-state index is -0.0768. The van der Waals surface area contributed by atoms with E-state index >= 15 is 0 Å². The molecule has 0 fully saturated rings. The molecule has 31 heavy (non-hydrogen) atoms. The van der Waals surface area contributed by atoms with Crippen LogP contribution in [-0.4, -0.2) is 54.4 Å². The number of fused-ring (bicyclic) bond motifs is 1. The summed E-state index contributed by atoms with van der Waals surface area (Å²) in [5, 5.41) is 0. The van der Waals surface area contributed by atoms with E-state index in [4.69, 9.17) is 4.74 Å². The fourth-order valence-corrected chi connectivity index (χ4v) is 4.02. The first-order valence-electron chi connectivity index (χ1n) is 11.4. The molecular formula is C26H34N2O3. The lowest BCUT2D eigenvalue weighted by Crippen LogP contribution is -2.46. The first kappa shape index (κ1) is 22.9. The summed E-state index contributed by atoms with van der Waals surface area (Å²) in [5.74, 6) is 0.756. The van der Waals surface area contributed by atoms with Gasteiger partial charge in [-0.05, 0) is 43.4 Å². The van der Waals surface area contributed by atoms with Crippen molar-refractivity contribution in [3.63, 3.8) is 0 Å². The Bertz CT molecular complexity index is 853. The van der Waals surface area contributed by atoms with Gasteiger partial charge in [-0.1, -0.05) is 55.8 Å². The van der Waals surface area contributed by atoms with Gasteiger partial charge in [0.2, 0.25) is 5.91 Å². The highest BCUT2D eigenvalue weighted by Crippen LogP contribution is 2.22. The topological polar surface area (TPSA) is 49.9 Å². The molecule has 0 N–H and O–H groups in total. The summed E-state index contributed by atoms with van der Waals surface area (Å²) in [5.41, 5.74) is 1.76. The molecule has 0 aliphatic carbocycles. The van der Waals surface area contributed by atoms with Crippen LogP contribution < -0.4 is 4.74 Å². The van der Waals surface area contributed by atoms with Gasteiger partial charge >= 0.3 is 0 Å². The van der Waals surface area contributed by atoms with Crippen molar-refractivity contribution in [1.29, 1.82) is 0 Å². The van der Waals surface area contributed by atoms with E-state index in [2.05, 4.69) is 19.1 Å². The number of para-hydroxylation sites is 1. The largest absolute Gasteiger partial charge is 0.491 e. The third-order valence-electron chi connectivity index (χ3n) is 5.86. The Kier molecular flexibility index (Phi) is 8.51. The van der Waals surface area contributed by atoms with Gasteiger partial charge in [0.1, 0.15) is 12.4 Å². The summed E-state index contributed by atoms with van der Waals surface area (Å²) in [6, 6.07) is 17.6. The molecule has 0 radical (unpaired) electrons. The summed E-state index contributed by atoms with van der Waals surface area (Å²) >= 11 is 0.